The average Bonchev–Trinajstić information content (AvgIpc) is 3.37. The second kappa shape index (κ2) is 6.61. The quantitative estimate of drug-likeness (QED) is 0.473. The topological polar surface area (TPSA) is 72.9 Å². The van der Waals surface area contributed by atoms with Crippen molar-refractivity contribution in [2.75, 3.05) is 14.2 Å². The summed E-state index contributed by atoms with van der Waals surface area (Å²) in [6, 6.07) is 13.8. The first-order chi connectivity index (χ1) is 13.8. The summed E-state index contributed by atoms with van der Waals surface area (Å²) in [5, 5.41) is 0.930. The summed E-state index contributed by atoms with van der Waals surface area (Å²) in [4.78, 5) is 17.2. The minimum absolute atomic E-state index is 0.666. The van der Waals surface area contributed by atoms with Crippen molar-refractivity contribution in [3.8, 4) is 33.5 Å². The first-order valence-electron chi connectivity index (χ1n) is 8.69. The number of ether oxygens (including phenoxy) is 2. The molecule has 6 nitrogen and oxygen atoms in total. The standard InChI is InChI=1S/C21H16N4O2S/c1-26-16-7-6-12(10-17(16)27-2)20-23-15-5-3-4-13(19(15)25-20)21-24-14-8-9-22-11-18(14)28-21/h3-11H,1-2H3,(H,23,25). The molecule has 0 bridgehead atoms. The lowest BCUT2D eigenvalue weighted by Crippen LogP contribution is -1.91. The van der Waals surface area contributed by atoms with Crippen LogP contribution in [0.4, 0.5) is 0 Å². The van der Waals surface area contributed by atoms with Crippen LogP contribution in [0.2, 0.25) is 0 Å². The minimum atomic E-state index is 0.666. The number of nitrogens with one attached hydrogen (secondary N) is 1. The number of benzene rings is 2. The van der Waals surface area contributed by atoms with Gasteiger partial charge in [0, 0.05) is 23.5 Å². The number of rotatable bonds is 4. The lowest BCUT2D eigenvalue weighted by molar-refractivity contribution is 0.355. The molecule has 5 aromatic rings. The predicted octanol–water partition coefficient (Wildman–Crippen LogP) is 4.92. The van der Waals surface area contributed by atoms with Crippen molar-refractivity contribution >= 4 is 32.6 Å². The van der Waals surface area contributed by atoms with Gasteiger partial charge in [0.1, 0.15) is 10.8 Å². The normalized spacial score (nSPS) is 11.2. The molecule has 0 aliphatic carbocycles. The van der Waals surface area contributed by atoms with E-state index in [1.165, 1.54) is 0 Å². The highest BCUT2D eigenvalue weighted by molar-refractivity contribution is 7.21. The zero-order chi connectivity index (χ0) is 19.1. The third kappa shape index (κ3) is 2.68. The molecule has 0 saturated carbocycles. The second-order valence-electron chi connectivity index (χ2n) is 6.22. The number of aromatic nitrogens is 4. The smallest absolute Gasteiger partial charge is 0.161 e. The molecule has 0 saturated heterocycles. The molecule has 7 heteroatoms. The van der Waals surface area contributed by atoms with E-state index in [0.717, 1.165) is 43.2 Å². The van der Waals surface area contributed by atoms with Gasteiger partial charge in [0.15, 0.2) is 11.5 Å². The van der Waals surface area contributed by atoms with Gasteiger partial charge in [0.2, 0.25) is 0 Å². The van der Waals surface area contributed by atoms with Gasteiger partial charge in [-0.3, -0.25) is 4.98 Å². The van der Waals surface area contributed by atoms with Crippen molar-refractivity contribution in [1.29, 1.82) is 0 Å². The van der Waals surface area contributed by atoms with Crippen molar-refractivity contribution in [3.63, 3.8) is 0 Å². The highest BCUT2D eigenvalue weighted by atomic mass is 32.1. The Bertz CT molecular complexity index is 1280. The number of hydrogen-bond donors (Lipinski definition) is 1. The van der Waals surface area contributed by atoms with Crippen molar-refractivity contribution in [2.45, 2.75) is 0 Å². The molecule has 3 heterocycles. The lowest BCUT2D eigenvalue weighted by Gasteiger charge is -2.08. The summed E-state index contributed by atoms with van der Waals surface area (Å²) in [5.41, 5.74) is 4.72. The monoisotopic (exact) mass is 388 g/mol. The number of thiazole rings is 1. The molecule has 28 heavy (non-hydrogen) atoms. The molecule has 0 unspecified atom stereocenters. The largest absolute Gasteiger partial charge is 0.493 e. The van der Waals surface area contributed by atoms with Crippen LogP contribution in [-0.4, -0.2) is 34.2 Å². The van der Waals surface area contributed by atoms with Crippen LogP contribution in [0.3, 0.4) is 0 Å². The minimum Gasteiger partial charge on any atom is -0.493 e. The molecular formula is C21H16N4O2S. The molecule has 0 aliphatic rings. The molecule has 5 rings (SSSR count). The fourth-order valence-electron chi connectivity index (χ4n) is 3.22. The number of fused-ring (bicyclic) bond motifs is 2. The third-order valence-corrected chi connectivity index (χ3v) is 5.63. The Balaban J connectivity index is 1.65. The number of aromatic amines is 1. The molecule has 138 valence electrons. The Hall–Kier alpha value is -3.45. The van der Waals surface area contributed by atoms with E-state index in [-0.39, 0.29) is 0 Å². The molecular weight excluding hydrogens is 372 g/mol. The Morgan fingerprint density at radius 1 is 0.964 bits per heavy atom. The van der Waals surface area contributed by atoms with Crippen molar-refractivity contribution < 1.29 is 9.47 Å². The fraction of sp³-hybridized carbons (Fsp3) is 0.0952. The Morgan fingerprint density at radius 3 is 2.68 bits per heavy atom. The highest BCUT2D eigenvalue weighted by Crippen LogP contribution is 2.36. The highest BCUT2D eigenvalue weighted by Gasteiger charge is 2.15. The van der Waals surface area contributed by atoms with Gasteiger partial charge < -0.3 is 14.5 Å². The maximum atomic E-state index is 5.42. The van der Waals surface area contributed by atoms with Gasteiger partial charge in [0.25, 0.3) is 0 Å². The van der Waals surface area contributed by atoms with E-state index in [4.69, 9.17) is 19.4 Å². The molecule has 0 atom stereocenters. The van der Waals surface area contributed by atoms with Crippen LogP contribution >= 0.6 is 11.3 Å². The molecule has 0 amide bonds. The number of imidazole rings is 1. The van der Waals surface area contributed by atoms with Gasteiger partial charge in [-0.2, -0.15) is 0 Å². The van der Waals surface area contributed by atoms with E-state index in [2.05, 4.69) is 9.97 Å². The van der Waals surface area contributed by atoms with Crippen LogP contribution in [0.25, 0.3) is 43.2 Å². The van der Waals surface area contributed by atoms with Crippen LogP contribution in [0.15, 0.2) is 54.9 Å². The number of pyridine rings is 1. The molecule has 1 N–H and O–H groups in total. The first-order valence-corrected chi connectivity index (χ1v) is 9.50. The van der Waals surface area contributed by atoms with Crippen LogP contribution in [0.1, 0.15) is 0 Å². The summed E-state index contributed by atoms with van der Waals surface area (Å²) >= 11 is 1.62. The summed E-state index contributed by atoms with van der Waals surface area (Å²) in [7, 11) is 3.25. The number of nitrogens with zero attached hydrogens (tertiary/aromatic N) is 3. The first kappa shape index (κ1) is 16.7. The summed E-state index contributed by atoms with van der Waals surface area (Å²) in [6.07, 6.45) is 3.60. The molecule has 2 aromatic carbocycles. The van der Waals surface area contributed by atoms with Gasteiger partial charge in [-0.05, 0) is 36.4 Å². The van der Waals surface area contributed by atoms with Gasteiger partial charge in [0.05, 0.1) is 35.5 Å². The molecule has 0 radical (unpaired) electrons. The summed E-state index contributed by atoms with van der Waals surface area (Å²) in [6.45, 7) is 0. The van der Waals surface area contributed by atoms with E-state index >= 15 is 0 Å². The van der Waals surface area contributed by atoms with Gasteiger partial charge in [-0.15, -0.1) is 11.3 Å². The lowest BCUT2D eigenvalue weighted by atomic mass is 10.2. The van der Waals surface area contributed by atoms with Crippen LogP contribution in [0.5, 0.6) is 11.5 Å². The van der Waals surface area contributed by atoms with Crippen LogP contribution in [0, 0.1) is 0 Å². The SMILES string of the molecule is COc1ccc(-c2nc3c(-c4nc5ccncc5s4)cccc3[nH]2)cc1OC. The molecule has 0 fully saturated rings. The number of methoxy groups -OCH3 is 2. The zero-order valence-electron chi connectivity index (χ0n) is 15.3. The predicted molar refractivity (Wildman–Crippen MR) is 111 cm³/mol. The van der Waals surface area contributed by atoms with E-state index in [9.17, 15) is 0 Å². The molecule has 0 aliphatic heterocycles. The molecule has 3 aromatic heterocycles. The second-order valence-corrected chi connectivity index (χ2v) is 7.25. The van der Waals surface area contributed by atoms with E-state index in [0.29, 0.717) is 11.5 Å². The maximum absolute atomic E-state index is 5.42. The maximum Gasteiger partial charge on any atom is 0.161 e. The Morgan fingerprint density at radius 2 is 1.86 bits per heavy atom. The summed E-state index contributed by atoms with van der Waals surface area (Å²) < 4.78 is 11.8. The van der Waals surface area contributed by atoms with Gasteiger partial charge in [-0.1, -0.05) is 6.07 Å². The van der Waals surface area contributed by atoms with Crippen molar-refractivity contribution in [1.82, 2.24) is 19.9 Å². The Kier molecular flexibility index (Phi) is 3.95. The van der Waals surface area contributed by atoms with E-state index in [1.807, 2.05) is 48.7 Å². The van der Waals surface area contributed by atoms with E-state index in [1.54, 1.807) is 31.8 Å². The third-order valence-electron chi connectivity index (χ3n) is 4.59. The van der Waals surface area contributed by atoms with Crippen molar-refractivity contribution in [3.05, 3.63) is 54.9 Å². The fourth-order valence-corrected chi connectivity index (χ4v) is 4.18. The van der Waals surface area contributed by atoms with E-state index < -0.39 is 0 Å². The number of hydrogen-bond acceptors (Lipinski definition) is 6. The number of para-hydroxylation sites is 1. The van der Waals surface area contributed by atoms with Crippen LogP contribution in [-0.2, 0) is 0 Å². The van der Waals surface area contributed by atoms with Gasteiger partial charge >= 0.3 is 0 Å². The Labute approximate surface area is 164 Å². The van der Waals surface area contributed by atoms with Crippen molar-refractivity contribution in [2.24, 2.45) is 0 Å². The zero-order valence-corrected chi connectivity index (χ0v) is 16.1. The molecule has 0 spiro atoms. The average molecular weight is 388 g/mol. The summed E-state index contributed by atoms with van der Waals surface area (Å²) in [5.74, 6) is 2.12. The number of H-pyrrole nitrogens is 1. The van der Waals surface area contributed by atoms with Crippen LogP contribution < -0.4 is 9.47 Å². The van der Waals surface area contributed by atoms with Gasteiger partial charge in [-0.25, -0.2) is 9.97 Å².